The lowest BCUT2D eigenvalue weighted by molar-refractivity contribution is 0.602. The van der Waals surface area contributed by atoms with Gasteiger partial charge in [0.2, 0.25) is 0 Å². The van der Waals surface area contributed by atoms with Crippen LogP contribution in [0, 0.1) is 0 Å². The molecule has 1 fully saturated rings. The van der Waals surface area contributed by atoms with E-state index in [1.807, 2.05) is 18.2 Å². The molecule has 0 saturated heterocycles. The van der Waals surface area contributed by atoms with Crippen molar-refractivity contribution in [2.45, 2.75) is 37.0 Å². The number of hydrogen-bond donors (Lipinski definition) is 0. The van der Waals surface area contributed by atoms with Crippen molar-refractivity contribution in [3.8, 4) is 11.1 Å². The largest absolute Gasteiger partial charge is 0.224 e. The van der Waals surface area contributed by atoms with Crippen molar-refractivity contribution in [3.05, 3.63) is 59.7 Å². The lowest BCUT2D eigenvalue weighted by atomic mass is 9.91. The Labute approximate surface area is 138 Å². The normalized spacial score (nSPS) is 15.4. The average molecular weight is 326 g/mol. The number of allylic oxidation sites excluding steroid dienone is 1. The molecule has 1 saturated carbocycles. The Balaban J connectivity index is 1.97. The van der Waals surface area contributed by atoms with Crippen molar-refractivity contribution in [2.75, 3.05) is 6.26 Å². The SMILES string of the molecule is CS(=O)(=O)c1ccc(-c2ccccc2C=C2CCCCC2)cc1. The van der Waals surface area contributed by atoms with Crippen molar-refractivity contribution in [1.29, 1.82) is 0 Å². The predicted molar refractivity (Wildman–Crippen MR) is 96.0 cm³/mol. The third kappa shape index (κ3) is 3.91. The van der Waals surface area contributed by atoms with Gasteiger partial charge in [-0.2, -0.15) is 0 Å². The Morgan fingerprint density at radius 1 is 0.870 bits per heavy atom. The second kappa shape index (κ2) is 6.71. The molecule has 0 aromatic heterocycles. The summed E-state index contributed by atoms with van der Waals surface area (Å²) in [5.41, 5.74) is 4.96. The van der Waals surface area contributed by atoms with E-state index in [-0.39, 0.29) is 0 Å². The molecule has 1 aliphatic rings. The van der Waals surface area contributed by atoms with Crippen LogP contribution >= 0.6 is 0 Å². The van der Waals surface area contributed by atoms with Crippen LogP contribution in [0.1, 0.15) is 37.7 Å². The summed E-state index contributed by atoms with van der Waals surface area (Å²) in [6.07, 6.45) is 9.87. The predicted octanol–water partition coefficient (Wildman–Crippen LogP) is 5.10. The number of rotatable bonds is 3. The third-order valence-electron chi connectivity index (χ3n) is 4.41. The number of sulfone groups is 1. The first-order valence-electron chi connectivity index (χ1n) is 8.13. The van der Waals surface area contributed by atoms with Gasteiger partial charge in [0.25, 0.3) is 0 Å². The van der Waals surface area contributed by atoms with E-state index in [4.69, 9.17) is 0 Å². The smallest absolute Gasteiger partial charge is 0.175 e. The zero-order valence-corrected chi connectivity index (χ0v) is 14.3. The number of benzene rings is 2. The van der Waals surface area contributed by atoms with Gasteiger partial charge in [0.1, 0.15) is 0 Å². The quantitative estimate of drug-likeness (QED) is 0.786. The van der Waals surface area contributed by atoms with E-state index < -0.39 is 9.84 Å². The van der Waals surface area contributed by atoms with Crippen LogP contribution in [0.4, 0.5) is 0 Å². The molecule has 2 aromatic carbocycles. The van der Waals surface area contributed by atoms with Gasteiger partial charge in [-0.1, -0.05) is 54.5 Å². The summed E-state index contributed by atoms with van der Waals surface area (Å²) in [6, 6.07) is 15.5. The molecule has 0 spiro atoms. The van der Waals surface area contributed by atoms with Gasteiger partial charge in [0.15, 0.2) is 9.84 Å². The van der Waals surface area contributed by atoms with Gasteiger partial charge in [-0.05, 0) is 54.5 Å². The minimum absolute atomic E-state index is 0.365. The topological polar surface area (TPSA) is 34.1 Å². The van der Waals surface area contributed by atoms with Crippen molar-refractivity contribution in [3.63, 3.8) is 0 Å². The zero-order chi connectivity index (χ0) is 16.3. The maximum Gasteiger partial charge on any atom is 0.175 e. The highest BCUT2D eigenvalue weighted by Gasteiger charge is 2.10. The molecular formula is C20H22O2S. The van der Waals surface area contributed by atoms with Gasteiger partial charge in [-0.3, -0.25) is 0 Å². The van der Waals surface area contributed by atoms with Gasteiger partial charge in [0.05, 0.1) is 4.90 Å². The second-order valence-corrected chi connectivity index (χ2v) is 8.26. The summed E-state index contributed by atoms with van der Waals surface area (Å²) in [5.74, 6) is 0. The Hall–Kier alpha value is -1.87. The van der Waals surface area contributed by atoms with Crippen LogP contribution in [0.25, 0.3) is 17.2 Å². The van der Waals surface area contributed by atoms with Gasteiger partial charge in [0, 0.05) is 6.26 Å². The van der Waals surface area contributed by atoms with Crippen LogP contribution in [-0.2, 0) is 9.84 Å². The summed E-state index contributed by atoms with van der Waals surface area (Å²) in [5, 5.41) is 0. The summed E-state index contributed by atoms with van der Waals surface area (Å²) in [7, 11) is -3.15. The van der Waals surface area contributed by atoms with E-state index in [2.05, 4.69) is 24.3 Å². The van der Waals surface area contributed by atoms with E-state index in [1.54, 1.807) is 12.1 Å². The fourth-order valence-electron chi connectivity index (χ4n) is 3.14. The van der Waals surface area contributed by atoms with Crippen molar-refractivity contribution in [1.82, 2.24) is 0 Å². The Bertz CT molecular complexity index is 807. The van der Waals surface area contributed by atoms with Gasteiger partial charge < -0.3 is 0 Å². The first kappa shape index (κ1) is 16.0. The fourth-order valence-corrected chi connectivity index (χ4v) is 3.77. The van der Waals surface area contributed by atoms with Crippen molar-refractivity contribution < 1.29 is 8.42 Å². The molecule has 0 amide bonds. The molecule has 0 atom stereocenters. The number of hydrogen-bond acceptors (Lipinski definition) is 2. The molecule has 120 valence electrons. The summed E-state index contributed by atoms with van der Waals surface area (Å²) >= 11 is 0. The lowest BCUT2D eigenvalue weighted by Gasteiger charge is -2.15. The summed E-state index contributed by atoms with van der Waals surface area (Å²) in [4.78, 5) is 0.365. The molecule has 0 N–H and O–H groups in total. The van der Waals surface area contributed by atoms with Crippen LogP contribution in [0.3, 0.4) is 0 Å². The van der Waals surface area contributed by atoms with Gasteiger partial charge in [-0.25, -0.2) is 8.42 Å². The molecule has 0 bridgehead atoms. The van der Waals surface area contributed by atoms with Crippen LogP contribution in [0.2, 0.25) is 0 Å². The fraction of sp³-hybridized carbons (Fsp3) is 0.300. The zero-order valence-electron chi connectivity index (χ0n) is 13.5. The first-order valence-corrected chi connectivity index (χ1v) is 10.0. The molecule has 2 aromatic rings. The molecule has 3 rings (SSSR count). The maximum atomic E-state index is 11.6. The van der Waals surface area contributed by atoms with Gasteiger partial charge in [-0.15, -0.1) is 0 Å². The van der Waals surface area contributed by atoms with Crippen LogP contribution in [-0.4, -0.2) is 14.7 Å². The van der Waals surface area contributed by atoms with Crippen LogP contribution in [0.15, 0.2) is 59.0 Å². The maximum absolute atomic E-state index is 11.6. The minimum Gasteiger partial charge on any atom is -0.224 e. The molecule has 23 heavy (non-hydrogen) atoms. The average Bonchev–Trinajstić information content (AvgIpc) is 2.56. The molecule has 3 heteroatoms. The van der Waals surface area contributed by atoms with Gasteiger partial charge >= 0.3 is 0 Å². The second-order valence-electron chi connectivity index (χ2n) is 6.25. The van der Waals surface area contributed by atoms with Crippen molar-refractivity contribution >= 4 is 15.9 Å². The Kier molecular flexibility index (Phi) is 4.67. The molecule has 0 radical (unpaired) electrons. The Morgan fingerprint density at radius 2 is 1.52 bits per heavy atom. The Morgan fingerprint density at radius 3 is 2.17 bits per heavy atom. The standard InChI is InChI=1S/C20H22O2S/c1-23(21,22)19-13-11-17(12-14-19)20-10-6-5-9-18(20)15-16-7-3-2-4-8-16/h5-6,9-15H,2-4,7-8H2,1H3. The van der Waals surface area contributed by atoms with E-state index in [0.29, 0.717) is 4.90 Å². The highest BCUT2D eigenvalue weighted by Crippen LogP contribution is 2.30. The lowest BCUT2D eigenvalue weighted by Crippen LogP contribution is -1.96. The highest BCUT2D eigenvalue weighted by atomic mass is 32.2. The van der Waals surface area contributed by atoms with Crippen molar-refractivity contribution in [2.24, 2.45) is 0 Å². The molecule has 0 aliphatic heterocycles. The summed E-state index contributed by atoms with van der Waals surface area (Å²) < 4.78 is 23.2. The molecular weight excluding hydrogens is 304 g/mol. The molecule has 2 nitrogen and oxygen atoms in total. The molecule has 1 aliphatic carbocycles. The molecule has 0 heterocycles. The van der Waals surface area contributed by atoms with Crippen LogP contribution < -0.4 is 0 Å². The van der Waals surface area contributed by atoms with E-state index in [1.165, 1.54) is 49.5 Å². The van der Waals surface area contributed by atoms with E-state index >= 15 is 0 Å². The summed E-state index contributed by atoms with van der Waals surface area (Å²) in [6.45, 7) is 0. The van der Waals surface area contributed by atoms with E-state index in [0.717, 1.165) is 11.1 Å². The monoisotopic (exact) mass is 326 g/mol. The third-order valence-corrected chi connectivity index (χ3v) is 5.54. The molecule has 0 unspecified atom stereocenters. The highest BCUT2D eigenvalue weighted by molar-refractivity contribution is 7.90. The first-order chi connectivity index (χ1) is 11.0. The van der Waals surface area contributed by atoms with E-state index in [9.17, 15) is 8.42 Å². The van der Waals surface area contributed by atoms with Crippen LogP contribution in [0.5, 0.6) is 0 Å². The minimum atomic E-state index is -3.15.